The number of hydrogen-bond acceptors (Lipinski definition) is 2. The molecule has 1 unspecified atom stereocenters. The van der Waals surface area contributed by atoms with Gasteiger partial charge in [0, 0.05) is 0 Å². The zero-order chi connectivity index (χ0) is 9.97. The summed E-state index contributed by atoms with van der Waals surface area (Å²) in [7, 11) is 1.46. The van der Waals surface area contributed by atoms with E-state index in [-0.39, 0.29) is 11.9 Å². The summed E-state index contributed by atoms with van der Waals surface area (Å²) in [6.45, 7) is 0. The van der Waals surface area contributed by atoms with Gasteiger partial charge in [0.2, 0.25) is 0 Å². The van der Waals surface area contributed by atoms with Crippen LogP contribution < -0.4 is 0 Å². The lowest BCUT2D eigenvalue weighted by atomic mass is 9.94. The van der Waals surface area contributed by atoms with Gasteiger partial charge in [-0.2, -0.15) is 0 Å². The smallest absolute Gasteiger partial charge is 0.313 e. The minimum atomic E-state index is -0.0984. The van der Waals surface area contributed by atoms with Crippen molar-refractivity contribution >= 4 is 5.97 Å². The molecule has 1 atom stereocenters. The summed E-state index contributed by atoms with van der Waals surface area (Å²) in [6, 6.07) is 9.89. The molecule has 1 aliphatic carbocycles. The van der Waals surface area contributed by atoms with Crippen molar-refractivity contribution in [2.24, 2.45) is 5.92 Å². The monoisotopic (exact) mass is 190 g/mol. The van der Waals surface area contributed by atoms with Crippen molar-refractivity contribution in [2.75, 3.05) is 7.11 Å². The van der Waals surface area contributed by atoms with Crippen molar-refractivity contribution in [3.8, 4) is 0 Å². The summed E-state index contributed by atoms with van der Waals surface area (Å²) >= 11 is 0. The van der Waals surface area contributed by atoms with E-state index in [0.29, 0.717) is 5.92 Å². The van der Waals surface area contributed by atoms with Gasteiger partial charge in [0.25, 0.3) is 0 Å². The normalized spacial score (nSPS) is 17.5. The molecule has 2 heteroatoms. The van der Waals surface area contributed by atoms with Crippen LogP contribution in [-0.2, 0) is 9.53 Å². The van der Waals surface area contributed by atoms with E-state index in [9.17, 15) is 4.79 Å². The van der Waals surface area contributed by atoms with Crippen LogP contribution in [0, 0.1) is 5.92 Å². The number of esters is 1. The molecular weight excluding hydrogens is 176 g/mol. The molecule has 74 valence electrons. The van der Waals surface area contributed by atoms with Crippen LogP contribution in [0.15, 0.2) is 30.3 Å². The number of hydrogen-bond donors (Lipinski definition) is 0. The Hall–Kier alpha value is -1.31. The van der Waals surface area contributed by atoms with Crippen LogP contribution in [0.4, 0.5) is 0 Å². The maximum absolute atomic E-state index is 11.6. The number of carbonyl (C=O) groups is 1. The third-order valence-corrected chi connectivity index (χ3v) is 2.71. The Morgan fingerprint density at radius 1 is 1.36 bits per heavy atom. The van der Waals surface area contributed by atoms with Crippen molar-refractivity contribution in [3.05, 3.63) is 35.9 Å². The first-order valence-corrected chi connectivity index (χ1v) is 4.95. The van der Waals surface area contributed by atoms with Gasteiger partial charge in [0.1, 0.15) is 0 Å². The standard InChI is InChI=1S/C12H14O2/c1-14-12(13)11(10-7-8-10)9-5-3-2-4-6-9/h2-6,10-11H,7-8H2,1H3. The highest BCUT2D eigenvalue weighted by Gasteiger charge is 2.37. The zero-order valence-electron chi connectivity index (χ0n) is 8.27. The molecule has 2 rings (SSSR count). The van der Waals surface area contributed by atoms with Gasteiger partial charge in [-0.05, 0) is 24.3 Å². The summed E-state index contributed by atoms with van der Waals surface area (Å²) in [6.07, 6.45) is 2.29. The molecule has 0 radical (unpaired) electrons. The van der Waals surface area contributed by atoms with Crippen molar-refractivity contribution in [1.29, 1.82) is 0 Å². The average Bonchev–Trinajstić information content (AvgIpc) is 3.04. The highest BCUT2D eigenvalue weighted by atomic mass is 16.5. The Balaban J connectivity index is 2.22. The first kappa shape index (κ1) is 9.25. The van der Waals surface area contributed by atoms with Crippen LogP contribution in [0.5, 0.6) is 0 Å². The van der Waals surface area contributed by atoms with Crippen LogP contribution in [0.2, 0.25) is 0 Å². The predicted octanol–water partition coefficient (Wildman–Crippen LogP) is 2.35. The molecule has 0 bridgehead atoms. The lowest BCUT2D eigenvalue weighted by Gasteiger charge is -2.13. The van der Waals surface area contributed by atoms with Gasteiger partial charge < -0.3 is 4.74 Å². The highest BCUT2D eigenvalue weighted by molar-refractivity contribution is 5.78. The van der Waals surface area contributed by atoms with E-state index >= 15 is 0 Å². The van der Waals surface area contributed by atoms with E-state index in [1.54, 1.807) is 0 Å². The van der Waals surface area contributed by atoms with Gasteiger partial charge in [0.05, 0.1) is 13.0 Å². The van der Waals surface area contributed by atoms with E-state index in [2.05, 4.69) is 0 Å². The van der Waals surface area contributed by atoms with Gasteiger partial charge >= 0.3 is 5.97 Å². The molecule has 1 aromatic rings. The number of benzene rings is 1. The predicted molar refractivity (Wildman–Crippen MR) is 53.9 cm³/mol. The fraction of sp³-hybridized carbons (Fsp3) is 0.417. The second kappa shape index (κ2) is 3.82. The fourth-order valence-electron chi connectivity index (χ4n) is 1.82. The van der Waals surface area contributed by atoms with E-state index in [0.717, 1.165) is 18.4 Å². The summed E-state index contributed by atoms with van der Waals surface area (Å²) in [5, 5.41) is 0. The molecule has 0 amide bonds. The van der Waals surface area contributed by atoms with Gasteiger partial charge in [-0.25, -0.2) is 0 Å². The summed E-state index contributed by atoms with van der Waals surface area (Å²) in [5.41, 5.74) is 1.09. The quantitative estimate of drug-likeness (QED) is 0.684. The fourth-order valence-corrected chi connectivity index (χ4v) is 1.82. The molecule has 2 nitrogen and oxygen atoms in total. The van der Waals surface area contributed by atoms with E-state index in [4.69, 9.17) is 4.74 Å². The van der Waals surface area contributed by atoms with Crippen LogP contribution >= 0.6 is 0 Å². The Bertz CT molecular complexity index is 314. The molecule has 0 heterocycles. The lowest BCUT2D eigenvalue weighted by molar-refractivity contribution is -0.143. The van der Waals surface area contributed by atoms with E-state index in [1.165, 1.54) is 7.11 Å². The molecule has 1 aromatic carbocycles. The first-order valence-electron chi connectivity index (χ1n) is 4.95. The molecule has 0 N–H and O–H groups in total. The zero-order valence-corrected chi connectivity index (χ0v) is 8.27. The maximum atomic E-state index is 11.6. The second-order valence-corrected chi connectivity index (χ2v) is 3.75. The van der Waals surface area contributed by atoms with Gasteiger partial charge in [-0.1, -0.05) is 30.3 Å². The lowest BCUT2D eigenvalue weighted by Crippen LogP contribution is -2.16. The first-order chi connectivity index (χ1) is 6.83. The van der Waals surface area contributed by atoms with Crippen LogP contribution in [0.25, 0.3) is 0 Å². The number of carbonyl (C=O) groups excluding carboxylic acids is 1. The molecule has 0 saturated heterocycles. The molecule has 1 fully saturated rings. The Morgan fingerprint density at radius 3 is 2.50 bits per heavy atom. The van der Waals surface area contributed by atoms with E-state index < -0.39 is 0 Å². The van der Waals surface area contributed by atoms with Crippen molar-refractivity contribution < 1.29 is 9.53 Å². The third kappa shape index (κ3) is 1.79. The van der Waals surface area contributed by atoms with Crippen LogP contribution in [-0.4, -0.2) is 13.1 Å². The molecular formula is C12H14O2. The number of rotatable bonds is 3. The van der Waals surface area contributed by atoms with Crippen LogP contribution in [0.3, 0.4) is 0 Å². The average molecular weight is 190 g/mol. The Morgan fingerprint density at radius 2 is 2.00 bits per heavy atom. The largest absolute Gasteiger partial charge is 0.469 e. The molecule has 1 aliphatic rings. The Labute approximate surface area is 83.9 Å². The van der Waals surface area contributed by atoms with Crippen molar-refractivity contribution in [1.82, 2.24) is 0 Å². The molecule has 0 aromatic heterocycles. The van der Waals surface area contributed by atoms with Crippen molar-refractivity contribution in [3.63, 3.8) is 0 Å². The molecule has 1 saturated carbocycles. The van der Waals surface area contributed by atoms with Gasteiger partial charge in [0.15, 0.2) is 0 Å². The van der Waals surface area contributed by atoms with Crippen LogP contribution in [0.1, 0.15) is 24.3 Å². The maximum Gasteiger partial charge on any atom is 0.313 e. The third-order valence-electron chi connectivity index (χ3n) is 2.71. The number of methoxy groups -OCH3 is 1. The minimum Gasteiger partial charge on any atom is -0.469 e. The minimum absolute atomic E-state index is 0.0406. The van der Waals surface area contributed by atoms with E-state index in [1.807, 2.05) is 30.3 Å². The molecule has 0 spiro atoms. The summed E-state index contributed by atoms with van der Waals surface area (Å²) in [5.74, 6) is 0.366. The SMILES string of the molecule is COC(=O)C(c1ccccc1)C1CC1. The van der Waals surface area contributed by atoms with Crippen molar-refractivity contribution in [2.45, 2.75) is 18.8 Å². The second-order valence-electron chi connectivity index (χ2n) is 3.75. The molecule has 0 aliphatic heterocycles. The topological polar surface area (TPSA) is 26.3 Å². The van der Waals surface area contributed by atoms with Gasteiger partial charge in [-0.3, -0.25) is 4.79 Å². The Kier molecular flexibility index (Phi) is 2.53. The summed E-state index contributed by atoms with van der Waals surface area (Å²) < 4.78 is 4.83. The molecule has 14 heavy (non-hydrogen) atoms. The number of ether oxygens (including phenoxy) is 1. The summed E-state index contributed by atoms with van der Waals surface area (Å²) in [4.78, 5) is 11.6. The van der Waals surface area contributed by atoms with Gasteiger partial charge in [-0.15, -0.1) is 0 Å². The highest BCUT2D eigenvalue weighted by Crippen LogP contribution is 2.43.